The monoisotopic (exact) mass is 856 g/mol. The summed E-state index contributed by atoms with van der Waals surface area (Å²) in [5.41, 5.74) is 1.30. The zero-order valence-electron chi connectivity index (χ0n) is 34.1. The van der Waals surface area contributed by atoms with Crippen molar-refractivity contribution in [2.24, 2.45) is 0 Å². The van der Waals surface area contributed by atoms with Crippen molar-refractivity contribution in [3.05, 3.63) is 130 Å². The van der Waals surface area contributed by atoms with Crippen LogP contribution in [0.15, 0.2) is 103 Å². The Balaban J connectivity index is 1.18. The molecule has 0 bridgehead atoms. The number of anilines is 4. The fourth-order valence-corrected chi connectivity index (χ4v) is 5.92. The minimum absolute atomic E-state index is 0.0162. The van der Waals surface area contributed by atoms with E-state index in [-0.39, 0.29) is 57.6 Å². The van der Waals surface area contributed by atoms with Crippen LogP contribution in [0.25, 0.3) is 6.08 Å². The van der Waals surface area contributed by atoms with Crippen molar-refractivity contribution in [1.29, 1.82) is 5.26 Å². The minimum Gasteiger partial charge on any atom is -0.504 e. The maximum Gasteiger partial charge on any atom is 0.339 e. The van der Waals surface area contributed by atoms with Gasteiger partial charge in [-0.2, -0.15) is 5.26 Å². The van der Waals surface area contributed by atoms with E-state index in [9.17, 15) is 49.3 Å². The highest BCUT2D eigenvalue weighted by Crippen LogP contribution is 2.40. The lowest BCUT2D eigenvalue weighted by molar-refractivity contribution is -0.118. The fourth-order valence-electron chi connectivity index (χ4n) is 5.92. The first-order chi connectivity index (χ1) is 30.2. The van der Waals surface area contributed by atoms with Crippen molar-refractivity contribution in [3.8, 4) is 34.8 Å². The first kappa shape index (κ1) is 45.2. The quantitative estimate of drug-likeness (QED) is 0.0528. The Morgan fingerprint density at radius 2 is 1.14 bits per heavy atom. The molecule has 0 saturated carbocycles. The highest BCUT2D eigenvalue weighted by Gasteiger charge is 2.25. The number of aromatic hydroxyl groups is 2. The maximum atomic E-state index is 13.2. The number of carbonyl (C=O) groups is 6. The molecule has 8 N–H and O–H groups in total. The van der Waals surface area contributed by atoms with E-state index in [1.165, 1.54) is 73.8 Å². The second kappa shape index (κ2) is 20.4. The Morgan fingerprint density at radius 3 is 1.67 bits per heavy atom. The Morgan fingerprint density at radius 1 is 0.635 bits per heavy atom. The molecule has 18 nitrogen and oxygen atoms in total. The van der Waals surface area contributed by atoms with Gasteiger partial charge < -0.3 is 56.1 Å². The number of methoxy groups -OCH3 is 3. The predicted molar refractivity (Wildman–Crippen MR) is 230 cm³/mol. The normalized spacial score (nSPS) is 11.2. The number of nitrogens with one attached hydrogen (secondary N) is 5. The van der Waals surface area contributed by atoms with Crippen LogP contribution < -0.4 is 40.8 Å². The zero-order valence-corrected chi connectivity index (χ0v) is 34.1. The molecule has 0 aliphatic rings. The summed E-state index contributed by atoms with van der Waals surface area (Å²) in [7, 11) is 3.92. The smallest absolute Gasteiger partial charge is 0.339 e. The largest absolute Gasteiger partial charge is 0.504 e. The molecule has 0 spiro atoms. The average molecular weight is 857 g/mol. The van der Waals surface area contributed by atoms with Gasteiger partial charge in [0.2, 0.25) is 5.91 Å². The van der Waals surface area contributed by atoms with Crippen LogP contribution in [0.3, 0.4) is 0 Å². The number of carboxylic acid groups (broad SMARTS) is 1. The number of rotatable bonds is 16. The number of hydrogen-bond acceptors (Lipinski definition) is 12. The SMILES string of the molecule is COc1ccc(/C=C(\C)C(=O)Nc2ccc(C(=O)NC(CC#N)C(=O)Nc3ccc(C(=O)Nc4ccc(C(=O)Nc5ccc(C(=O)O)c(O)c5OC)c(O)c4OC)cc3)cc2)cc1. The molecule has 18 heteroatoms. The molecule has 5 aromatic carbocycles. The van der Waals surface area contributed by atoms with E-state index in [1.807, 2.05) is 18.2 Å². The van der Waals surface area contributed by atoms with Gasteiger partial charge >= 0.3 is 5.97 Å². The molecule has 0 aromatic heterocycles. The first-order valence-electron chi connectivity index (χ1n) is 18.7. The summed E-state index contributed by atoms with van der Waals surface area (Å²) in [5.74, 6) is -5.97. The van der Waals surface area contributed by atoms with Gasteiger partial charge in [-0.05, 0) is 103 Å². The van der Waals surface area contributed by atoms with Crippen LogP contribution in [0.5, 0.6) is 28.7 Å². The standard InChI is InChI=1S/C45H40N6O12/c1-24(23-25-5-15-30(61-2)16-6-25)40(54)47-28-11-7-27(8-12-28)42(56)51-35(21-22-46)44(58)48-29-13-9-26(10-14-29)41(55)49-33-19-17-31(36(52)38(33)62-3)43(57)50-34-20-18-32(45(59)60)37(53)39(34)63-4/h5-20,23,35,52-53H,21H2,1-4H3,(H,47,54)(H,48,58)(H,49,55)(H,50,57)(H,51,56)(H,59,60)/b24-23+. The molecule has 0 aliphatic heterocycles. The Bertz CT molecular complexity index is 2640. The third-order valence-corrected chi connectivity index (χ3v) is 9.24. The van der Waals surface area contributed by atoms with Crippen molar-refractivity contribution in [2.75, 3.05) is 42.6 Å². The number of nitrogens with zero attached hydrogens (tertiary/aromatic N) is 1. The lowest BCUT2D eigenvalue weighted by Gasteiger charge is -2.17. The highest BCUT2D eigenvalue weighted by atomic mass is 16.5. The molecule has 5 rings (SSSR count). The molecule has 0 aliphatic carbocycles. The third-order valence-electron chi connectivity index (χ3n) is 9.24. The van der Waals surface area contributed by atoms with E-state index < -0.39 is 52.7 Å². The molecule has 0 heterocycles. The first-order valence-corrected chi connectivity index (χ1v) is 18.7. The summed E-state index contributed by atoms with van der Waals surface area (Å²) in [4.78, 5) is 76.7. The molecule has 1 unspecified atom stereocenters. The van der Waals surface area contributed by atoms with Crippen molar-refractivity contribution in [2.45, 2.75) is 19.4 Å². The van der Waals surface area contributed by atoms with Crippen LogP contribution in [0.2, 0.25) is 0 Å². The molecule has 322 valence electrons. The minimum atomic E-state index is -1.42. The van der Waals surface area contributed by atoms with Crippen LogP contribution in [0.1, 0.15) is 60.3 Å². The summed E-state index contributed by atoms with van der Waals surface area (Å²) in [6, 6.07) is 24.1. The molecule has 63 heavy (non-hydrogen) atoms. The van der Waals surface area contributed by atoms with Crippen molar-refractivity contribution in [1.82, 2.24) is 5.32 Å². The van der Waals surface area contributed by atoms with Gasteiger partial charge in [-0.15, -0.1) is 0 Å². The van der Waals surface area contributed by atoms with Crippen LogP contribution >= 0.6 is 0 Å². The number of hydrogen-bond donors (Lipinski definition) is 8. The Kier molecular flexibility index (Phi) is 14.7. The second-order valence-electron chi connectivity index (χ2n) is 13.4. The van der Waals surface area contributed by atoms with Crippen molar-refractivity contribution < 1.29 is 58.3 Å². The number of carboxylic acids is 1. The van der Waals surface area contributed by atoms with Gasteiger partial charge in [0, 0.05) is 28.1 Å². The average Bonchev–Trinajstić information content (AvgIpc) is 3.27. The Labute approximate surface area is 359 Å². The number of aromatic carboxylic acids is 1. The number of ether oxygens (including phenoxy) is 3. The van der Waals surface area contributed by atoms with Gasteiger partial charge in [-0.25, -0.2) is 4.79 Å². The van der Waals surface area contributed by atoms with Crippen LogP contribution in [0.4, 0.5) is 22.7 Å². The fraction of sp³-hybridized carbons (Fsp3) is 0.133. The van der Waals surface area contributed by atoms with Crippen LogP contribution in [0, 0.1) is 11.3 Å². The van der Waals surface area contributed by atoms with Gasteiger partial charge in [0.05, 0.1) is 50.8 Å². The Hall–Kier alpha value is -8.85. The lowest BCUT2D eigenvalue weighted by atomic mass is 10.1. The van der Waals surface area contributed by atoms with Gasteiger partial charge in [0.15, 0.2) is 23.0 Å². The van der Waals surface area contributed by atoms with E-state index >= 15 is 0 Å². The topological polar surface area (TPSA) is 275 Å². The molecule has 0 fully saturated rings. The van der Waals surface area contributed by atoms with Gasteiger partial charge in [-0.3, -0.25) is 24.0 Å². The molecular weight excluding hydrogens is 817 g/mol. The van der Waals surface area contributed by atoms with Crippen LogP contribution in [-0.4, -0.2) is 78.2 Å². The third kappa shape index (κ3) is 11.1. The van der Waals surface area contributed by atoms with Gasteiger partial charge in [0.25, 0.3) is 23.6 Å². The molecule has 0 saturated heterocycles. The van der Waals surface area contributed by atoms with E-state index in [1.54, 1.807) is 32.2 Å². The zero-order chi connectivity index (χ0) is 45.8. The number of phenols is 2. The molecule has 0 radical (unpaired) electrons. The molecule has 5 amide bonds. The molecule has 5 aromatic rings. The summed E-state index contributed by atoms with van der Waals surface area (Å²) >= 11 is 0. The lowest BCUT2D eigenvalue weighted by Crippen LogP contribution is -2.43. The summed E-state index contributed by atoms with van der Waals surface area (Å²) in [5, 5.41) is 52.8. The van der Waals surface area contributed by atoms with E-state index in [4.69, 9.17) is 14.2 Å². The molecular formula is C45H40N6O12. The number of benzene rings is 5. The van der Waals surface area contributed by atoms with Crippen molar-refractivity contribution in [3.63, 3.8) is 0 Å². The summed E-state index contributed by atoms with van der Waals surface area (Å²) in [6.45, 7) is 1.66. The van der Waals surface area contributed by atoms with Crippen molar-refractivity contribution >= 4 is 64.3 Å². The second-order valence-corrected chi connectivity index (χ2v) is 13.4. The number of phenolic OH excluding ortho intramolecular Hbond substituents is 1. The maximum absolute atomic E-state index is 13.2. The summed E-state index contributed by atoms with van der Waals surface area (Å²) < 4.78 is 15.5. The van der Waals surface area contributed by atoms with Gasteiger partial charge in [-0.1, -0.05) is 12.1 Å². The predicted octanol–water partition coefficient (Wildman–Crippen LogP) is 6.02. The van der Waals surface area contributed by atoms with E-state index in [0.29, 0.717) is 17.0 Å². The summed E-state index contributed by atoms with van der Waals surface area (Å²) in [6.07, 6.45) is 1.35. The van der Waals surface area contributed by atoms with E-state index in [0.717, 1.165) is 18.7 Å². The van der Waals surface area contributed by atoms with Gasteiger partial charge in [0.1, 0.15) is 17.4 Å². The van der Waals surface area contributed by atoms with Crippen LogP contribution in [-0.2, 0) is 9.59 Å². The molecule has 1 atom stereocenters. The van der Waals surface area contributed by atoms with E-state index in [2.05, 4.69) is 26.6 Å². The number of carbonyl (C=O) groups excluding carboxylic acids is 5. The number of amides is 5. The highest BCUT2D eigenvalue weighted by molar-refractivity contribution is 6.11. The number of nitriles is 1.